The number of aryl methyl sites for hydroxylation is 1. The smallest absolute Gasteiger partial charge is 0.417 e. The minimum absolute atomic E-state index is 0.329. The number of rotatable bonds is 4. The van der Waals surface area contributed by atoms with Crippen molar-refractivity contribution in [3.05, 3.63) is 69.7 Å². The lowest BCUT2D eigenvalue weighted by Gasteiger charge is -2.38. The number of alkyl halides is 3. The number of hydrogen-bond donors (Lipinski definition) is 1. The molecule has 3 rings (SSSR count). The van der Waals surface area contributed by atoms with Crippen LogP contribution in [-0.4, -0.2) is 29.1 Å². The SMILES string of the molecule is Cc1ccccc1C(c1ccc(Cl)c(C(F)(F)F)c1)N1CCC(C(=O)O)CC1. The van der Waals surface area contributed by atoms with E-state index in [2.05, 4.69) is 4.90 Å². The fourth-order valence-corrected chi connectivity index (χ4v) is 4.04. The van der Waals surface area contributed by atoms with Gasteiger partial charge in [0.05, 0.1) is 22.5 Å². The number of carbonyl (C=O) groups is 1. The van der Waals surface area contributed by atoms with E-state index in [1.54, 1.807) is 6.07 Å². The molecule has 7 heteroatoms. The Balaban J connectivity index is 2.04. The number of piperidine rings is 1. The van der Waals surface area contributed by atoms with Crippen LogP contribution in [0.25, 0.3) is 0 Å². The fourth-order valence-electron chi connectivity index (χ4n) is 3.82. The van der Waals surface area contributed by atoms with Gasteiger partial charge in [-0.1, -0.05) is 41.9 Å². The third-order valence-corrected chi connectivity index (χ3v) is 5.67. The van der Waals surface area contributed by atoms with E-state index in [1.165, 1.54) is 6.07 Å². The molecule has 1 aliphatic heterocycles. The van der Waals surface area contributed by atoms with Crippen LogP contribution in [0, 0.1) is 12.8 Å². The predicted molar refractivity (Wildman–Crippen MR) is 101 cm³/mol. The van der Waals surface area contributed by atoms with Gasteiger partial charge in [-0.05, 0) is 61.7 Å². The molecule has 3 nitrogen and oxygen atoms in total. The van der Waals surface area contributed by atoms with Gasteiger partial charge in [0.2, 0.25) is 0 Å². The summed E-state index contributed by atoms with van der Waals surface area (Å²) >= 11 is 5.80. The summed E-state index contributed by atoms with van der Waals surface area (Å²) in [4.78, 5) is 13.3. The highest BCUT2D eigenvalue weighted by Crippen LogP contribution is 2.40. The van der Waals surface area contributed by atoms with Gasteiger partial charge in [-0.15, -0.1) is 0 Å². The van der Waals surface area contributed by atoms with Crippen LogP contribution in [0.5, 0.6) is 0 Å². The standard InChI is InChI=1S/C21H21ClF3NO2/c1-13-4-2-3-5-16(13)19(26-10-8-14(9-11-26)20(27)28)15-6-7-18(22)17(12-15)21(23,24)25/h2-7,12,14,19H,8-11H2,1H3,(H,27,28). The van der Waals surface area contributed by atoms with Crippen molar-refractivity contribution < 1.29 is 23.1 Å². The molecule has 1 atom stereocenters. The van der Waals surface area contributed by atoms with Crippen LogP contribution < -0.4 is 0 Å². The van der Waals surface area contributed by atoms with E-state index in [4.69, 9.17) is 11.6 Å². The summed E-state index contributed by atoms with van der Waals surface area (Å²) in [5.41, 5.74) is 1.52. The molecular formula is C21H21ClF3NO2. The Morgan fingerprint density at radius 2 is 1.82 bits per heavy atom. The minimum Gasteiger partial charge on any atom is -0.481 e. The van der Waals surface area contributed by atoms with E-state index in [0.717, 1.165) is 17.2 Å². The molecular weight excluding hydrogens is 391 g/mol. The summed E-state index contributed by atoms with van der Waals surface area (Å²) < 4.78 is 40.2. The lowest BCUT2D eigenvalue weighted by atomic mass is 9.89. The molecule has 1 unspecified atom stereocenters. The summed E-state index contributed by atoms with van der Waals surface area (Å²) in [7, 11) is 0. The van der Waals surface area contributed by atoms with Crippen LogP contribution in [0.2, 0.25) is 5.02 Å². The lowest BCUT2D eigenvalue weighted by molar-refractivity contribution is -0.143. The Bertz CT molecular complexity index is 861. The highest BCUT2D eigenvalue weighted by Gasteiger charge is 2.36. The molecule has 0 bridgehead atoms. The number of aliphatic carboxylic acids is 1. The van der Waals surface area contributed by atoms with E-state index >= 15 is 0 Å². The molecule has 1 fully saturated rings. The van der Waals surface area contributed by atoms with Crippen LogP contribution >= 0.6 is 11.6 Å². The number of likely N-dealkylation sites (tertiary alicyclic amines) is 1. The van der Waals surface area contributed by atoms with Gasteiger partial charge in [0.15, 0.2) is 0 Å². The molecule has 28 heavy (non-hydrogen) atoms. The van der Waals surface area contributed by atoms with E-state index in [-0.39, 0.29) is 5.02 Å². The van der Waals surface area contributed by atoms with E-state index in [9.17, 15) is 23.1 Å². The zero-order valence-corrected chi connectivity index (χ0v) is 16.1. The molecule has 1 saturated heterocycles. The zero-order valence-electron chi connectivity index (χ0n) is 15.3. The van der Waals surface area contributed by atoms with Gasteiger partial charge in [0.25, 0.3) is 0 Å². The van der Waals surface area contributed by atoms with Gasteiger partial charge in [-0.25, -0.2) is 0 Å². The van der Waals surface area contributed by atoms with Crippen molar-refractivity contribution >= 4 is 17.6 Å². The molecule has 0 amide bonds. The molecule has 0 aliphatic carbocycles. The quantitative estimate of drug-likeness (QED) is 0.716. The number of hydrogen-bond acceptors (Lipinski definition) is 2. The average molecular weight is 412 g/mol. The van der Waals surface area contributed by atoms with Gasteiger partial charge in [-0.2, -0.15) is 13.2 Å². The van der Waals surface area contributed by atoms with Gasteiger partial charge in [0.1, 0.15) is 0 Å². The first kappa shape index (κ1) is 20.7. The Morgan fingerprint density at radius 1 is 1.18 bits per heavy atom. The maximum absolute atomic E-state index is 13.4. The number of carboxylic acids is 1. The van der Waals surface area contributed by atoms with Crippen molar-refractivity contribution in [2.24, 2.45) is 5.92 Å². The molecule has 2 aromatic rings. The second-order valence-corrected chi connectivity index (χ2v) is 7.55. The first-order chi connectivity index (χ1) is 13.2. The minimum atomic E-state index is -4.54. The molecule has 0 spiro atoms. The van der Waals surface area contributed by atoms with Gasteiger partial charge in [0, 0.05) is 0 Å². The van der Waals surface area contributed by atoms with Crippen molar-refractivity contribution in [2.75, 3.05) is 13.1 Å². The fraction of sp³-hybridized carbons (Fsp3) is 0.381. The molecule has 0 radical (unpaired) electrons. The topological polar surface area (TPSA) is 40.5 Å². The molecule has 1 heterocycles. The maximum Gasteiger partial charge on any atom is 0.417 e. The monoisotopic (exact) mass is 411 g/mol. The molecule has 1 N–H and O–H groups in total. The molecule has 2 aromatic carbocycles. The number of nitrogens with zero attached hydrogens (tertiary/aromatic N) is 1. The summed E-state index contributed by atoms with van der Waals surface area (Å²) in [6.07, 6.45) is -3.60. The number of carboxylic acid groups (broad SMARTS) is 1. The van der Waals surface area contributed by atoms with Gasteiger partial charge < -0.3 is 5.11 Å². The molecule has 0 saturated carbocycles. The van der Waals surface area contributed by atoms with E-state index in [0.29, 0.717) is 31.5 Å². The summed E-state index contributed by atoms with van der Waals surface area (Å²) in [5.74, 6) is -1.23. The largest absolute Gasteiger partial charge is 0.481 e. The van der Waals surface area contributed by atoms with Crippen LogP contribution in [0.1, 0.15) is 41.1 Å². The van der Waals surface area contributed by atoms with Crippen molar-refractivity contribution in [3.8, 4) is 0 Å². The summed E-state index contributed by atoms with van der Waals surface area (Å²) in [5, 5.41) is 8.91. The number of halogens is 4. The highest BCUT2D eigenvalue weighted by atomic mass is 35.5. The Morgan fingerprint density at radius 3 is 2.39 bits per heavy atom. The van der Waals surface area contributed by atoms with Crippen molar-refractivity contribution in [1.82, 2.24) is 4.90 Å². The predicted octanol–water partition coefficient (Wildman–Crippen LogP) is 5.55. The first-order valence-electron chi connectivity index (χ1n) is 9.07. The first-order valence-corrected chi connectivity index (χ1v) is 9.45. The Hall–Kier alpha value is -2.05. The third kappa shape index (κ3) is 4.33. The summed E-state index contributed by atoms with van der Waals surface area (Å²) in [6.45, 7) is 2.92. The van der Waals surface area contributed by atoms with E-state index in [1.807, 2.05) is 31.2 Å². The second kappa shape index (κ2) is 8.13. The zero-order chi connectivity index (χ0) is 20.5. The molecule has 1 aliphatic rings. The number of benzene rings is 2. The van der Waals surface area contributed by atoms with Crippen LogP contribution in [0.3, 0.4) is 0 Å². The second-order valence-electron chi connectivity index (χ2n) is 7.14. The highest BCUT2D eigenvalue weighted by molar-refractivity contribution is 6.31. The maximum atomic E-state index is 13.4. The van der Waals surface area contributed by atoms with Gasteiger partial charge in [-0.3, -0.25) is 9.69 Å². The van der Waals surface area contributed by atoms with E-state index < -0.39 is 29.7 Å². The van der Waals surface area contributed by atoms with Crippen LogP contribution in [0.4, 0.5) is 13.2 Å². The lowest BCUT2D eigenvalue weighted by Crippen LogP contribution is -2.39. The average Bonchev–Trinajstić information content (AvgIpc) is 2.64. The van der Waals surface area contributed by atoms with Crippen molar-refractivity contribution in [2.45, 2.75) is 32.0 Å². The van der Waals surface area contributed by atoms with Crippen molar-refractivity contribution in [1.29, 1.82) is 0 Å². The van der Waals surface area contributed by atoms with Gasteiger partial charge >= 0.3 is 12.1 Å². The van der Waals surface area contributed by atoms with Crippen LogP contribution in [0.15, 0.2) is 42.5 Å². The molecule has 0 aromatic heterocycles. The van der Waals surface area contributed by atoms with Crippen molar-refractivity contribution in [3.63, 3.8) is 0 Å². The Kier molecular flexibility index (Phi) is 6.01. The van der Waals surface area contributed by atoms with Crippen LogP contribution in [-0.2, 0) is 11.0 Å². The normalized spacial score (nSPS) is 17.5. The summed E-state index contributed by atoms with van der Waals surface area (Å²) in [6, 6.07) is 11.2. The third-order valence-electron chi connectivity index (χ3n) is 5.34. The molecule has 150 valence electrons. The Labute approximate surface area is 166 Å².